The summed E-state index contributed by atoms with van der Waals surface area (Å²) in [5.74, 6) is 0.430. The summed E-state index contributed by atoms with van der Waals surface area (Å²) in [6.07, 6.45) is 0. The number of aromatic nitrogens is 3. The molecule has 2 heterocycles. The van der Waals surface area contributed by atoms with Gasteiger partial charge in [-0.2, -0.15) is 5.10 Å². The molecule has 4 aromatic rings. The summed E-state index contributed by atoms with van der Waals surface area (Å²) in [6, 6.07) is 10.1. The lowest BCUT2D eigenvalue weighted by Crippen LogP contribution is -1.95. The summed E-state index contributed by atoms with van der Waals surface area (Å²) in [4.78, 5) is 5.62. The summed E-state index contributed by atoms with van der Waals surface area (Å²) < 4.78 is 15.9. The van der Waals surface area contributed by atoms with E-state index in [0.717, 1.165) is 21.6 Å². The molecule has 28 heavy (non-hydrogen) atoms. The van der Waals surface area contributed by atoms with Gasteiger partial charge < -0.3 is 0 Å². The Kier molecular flexibility index (Phi) is 5.19. The van der Waals surface area contributed by atoms with Crippen LogP contribution in [0.2, 0.25) is 15.1 Å². The minimum Gasteiger partial charge on any atom is -0.248 e. The summed E-state index contributed by atoms with van der Waals surface area (Å²) in [5, 5.41) is 7.67. The lowest BCUT2D eigenvalue weighted by molar-refractivity contribution is 0.629. The van der Waals surface area contributed by atoms with Crippen LogP contribution in [-0.4, -0.2) is 14.8 Å². The van der Waals surface area contributed by atoms with E-state index in [0.29, 0.717) is 15.9 Å². The van der Waals surface area contributed by atoms with Gasteiger partial charge in [-0.05, 0) is 42.3 Å². The quantitative estimate of drug-likeness (QED) is 0.327. The van der Waals surface area contributed by atoms with Crippen molar-refractivity contribution in [1.29, 1.82) is 0 Å². The predicted octanol–water partition coefficient (Wildman–Crippen LogP) is 7.29. The fourth-order valence-electron chi connectivity index (χ4n) is 3.00. The maximum absolute atomic E-state index is 14.3. The van der Waals surface area contributed by atoms with Crippen LogP contribution in [0.4, 0.5) is 4.39 Å². The molecule has 0 atom stereocenters. The first-order valence-corrected chi connectivity index (χ1v) is 10.3. The molecule has 2 aromatic heterocycles. The zero-order chi connectivity index (χ0) is 20.0. The van der Waals surface area contributed by atoms with E-state index in [1.165, 1.54) is 6.07 Å². The molecule has 0 aliphatic rings. The molecule has 0 amide bonds. The lowest BCUT2D eigenvalue weighted by Gasteiger charge is -2.04. The molecule has 2 aromatic carbocycles. The molecule has 4 rings (SSSR count). The molecule has 0 spiro atoms. The molecule has 0 bridgehead atoms. The fraction of sp³-hybridized carbons (Fsp3) is 0.100. The van der Waals surface area contributed by atoms with Gasteiger partial charge in [0.25, 0.3) is 0 Å². The number of benzene rings is 2. The molecule has 0 saturated carbocycles. The van der Waals surface area contributed by atoms with E-state index in [1.807, 2.05) is 24.4 Å². The number of nitrogens with zero attached hydrogens (tertiary/aromatic N) is 3. The van der Waals surface area contributed by atoms with E-state index >= 15 is 0 Å². The topological polar surface area (TPSA) is 30.7 Å². The van der Waals surface area contributed by atoms with Gasteiger partial charge in [0.1, 0.15) is 5.82 Å². The number of halogens is 4. The zero-order valence-corrected chi connectivity index (χ0v) is 17.9. The van der Waals surface area contributed by atoms with Gasteiger partial charge in [0.2, 0.25) is 0 Å². The fourth-order valence-corrected chi connectivity index (χ4v) is 4.61. The van der Waals surface area contributed by atoms with Crippen LogP contribution < -0.4 is 0 Å². The highest BCUT2D eigenvalue weighted by Gasteiger charge is 2.20. The van der Waals surface area contributed by atoms with Crippen LogP contribution >= 0.6 is 46.1 Å². The number of hydrogen-bond acceptors (Lipinski definition) is 3. The average Bonchev–Trinajstić information content (AvgIpc) is 3.20. The van der Waals surface area contributed by atoms with Crippen molar-refractivity contribution in [2.75, 3.05) is 0 Å². The Hall–Kier alpha value is -1.92. The van der Waals surface area contributed by atoms with Gasteiger partial charge in [0.15, 0.2) is 11.6 Å². The molecule has 8 heteroatoms. The second kappa shape index (κ2) is 7.48. The van der Waals surface area contributed by atoms with Gasteiger partial charge in [-0.25, -0.2) is 14.1 Å². The Labute approximate surface area is 180 Å². The van der Waals surface area contributed by atoms with Gasteiger partial charge in [-0.15, -0.1) is 11.3 Å². The third-order valence-electron chi connectivity index (χ3n) is 4.41. The van der Waals surface area contributed by atoms with E-state index in [1.54, 1.807) is 41.3 Å². The molecule has 0 fully saturated rings. The van der Waals surface area contributed by atoms with Crippen molar-refractivity contribution in [3.05, 3.63) is 68.2 Å². The maximum Gasteiger partial charge on any atom is 0.186 e. The van der Waals surface area contributed by atoms with Gasteiger partial charge in [-0.1, -0.05) is 46.9 Å². The molecule has 3 nitrogen and oxygen atoms in total. The molecular weight excluding hydrogens is 440 g/mol. The standard InChI is InChI=1S/C20H13Cl3FN3S/c1-10-12(9-28-18(10)11-6-7-13(21)15(23)8-11)20-25-19(26-27(20)2)17-14(22)4-3-5-16(17)24/h3-9H,1-2H3. The molecular formula is C20H13Cl3FN3S. The molecule has 142 valence electrons. The summed E-state index contributed by atoms with van der Waals surface area (Å²) in [5.41, 5.74) is 3.12. The first-order valence-electron chi connectivity index (χ1n) is 8.26. The molecule has 0 unspecified atom stereocenters. The van der Waals surface area contributed by atoms with Crippen molar-refractivity contribution in [3.63, 3.8) is 0 Å². The number of hydrogen-bond donors (Lipinski definition) is 0. The maximum atomic E-state index is 14.3. The highest BCUT2D eigenvalue weighted by atomic mass is 35.5. The smallest absolute Gasteiger partial charge is 0.186 e. The van der Waals surface area contributed by atoms with E-state index < -0.39 is 5.82 Å². The van der Waals surface area contributed by atoms with Crippen molar-refractivity contribution >= 4 is 46.1 Å². The van der Waals surface area contributed by atoms with Gasteiger partial charge in [0.05, 0.1) is 20.6 Å². The molecule has 0 radical (unpaired) electrons. The number of aryl methyl sites for hydroxylation is 1. The van der Waals surface area contributed by atoms with Crippen LogP contribution in [0.5, 0.6) is 0 Å². The second-order valence-electron chi connectivity index (χ2n) is 6.21. The van der Waals surface area contributed by atoms with Crippen molar-refractivity contribution in [2.45, 2.75) is 6.92 Å². The lowest BCUT2D eigenvalue weighted by atomic mass is 10.1. The third kappa shape index (κ3) is 3.33. The molecule has 0 aliphatic heterocycles. The van der Waals surface area contributed by atoms with Crippen LogP contribution in [0.3, 0.4) is 0 Å². The first-order chi connectivity index (χ1) is 13.4. The molecule has 0 aliphatic carbocycles. The Morgan fingerprint density at radius 2 is 1.82 bits per heavy atom. The van der Waals surface area contributed by atoms with E-state index in [-0.39, 0.29) is 16.4 Å². The predicted molar refractivity (Wildman–Crippen MR) is 115 cm³/mol. The molecule has 0 saturated heterocycles. The van der Waals surface area contributed by atoms with Gasteiger partial charge in [0, 0.05) is 22.9 Å². The van der Waals surface area contributed by atoms with Crippen molar-refractivity contribution in [2.24, 2.45) is 7.05 Å². The SMILES string of the molecule is Cc1c(-c2nc(-c3c(F)cccc3Cl)nn2C)csc1-c1ccc(Cl)c(Cl)c1. The summed E-state index contributed by atoms with van der Waals surface area (Å²) in [7, 11) is 1.77. The van der Waals surface area contributed by atoms with E-state index in [2.05, 4.69) is 10.1 Å². The minimum absolute atomic E-state index is 0.198. The Morgan fingerprint density at radius 1 is 1.04 bits per heavy atom. The normalized spacial score (nSPS) is 11.2. The van der Waals surface area contributed by atoms with Crippen LogP contribution in [0, 0.1) is 12.7 Å². The average molecular weight is 453 g/mol. The van der Waals surface area contributed by atoms with E-state index in [4.69, 9.17) is 34.8 Å². The zero-order valence-electron chi connectivity index (χ0n) is 14.8. The largest absolute Gasteiger partial charge is 0.248 e. The van der Waals surface area contributed by atoms with Crippen molar-refractivity contribution < 1.29 is 4.39 Å². The van der Waals surface area contributed by atoms with Crippen molar-refractivity contribution in [1.82, 2.24) is 14.8 Å². The summed E-state index contributed by atoms with van der Waals surface area (Å²) >= 11 is 19.9. The molecule has 0 N–H and O–H groups in total. The number of thiophene rings is 1. The highest BCUT2D eigenvalue weighted by molar-refractivity contribution is 7.14. The Balaban J connectivity index is 1.80. The van der Waals surface area contributed by atoms with Crippen molar-refractivity contribution in [3.8, 4) is 33.2 Å². The number of rotatable bonds is 3. The van der Waals surface area contributed by atoms with E-state index in [9.17, 15) is 4.39 Å². The van der Waals surface area contributed by atoms with Crippen LogP contribution in [0.25, 0.3) is 33.2 Å². The van der Waals surface area contributed by atoms with Crippen LogP contribution in [0.1, 0.15) is 5.56 Å². The Bertz CT molecular complexity index is 1180. The Morgan fingerprint density at radius 3 is 2.54 bits per heavy atom. The monoisotopic (exact) mass is 451 g/mol. The van der Waals surface area contributed by atoms with Crippen LogP contribution in [0.15, 0.2) is 41.8 Å². The van der Waals surface area contributed by atoms with Gasteiger partial charge >= 0.3 is 0 Å². The first kappa shape index (κ1) is 19.4. The summed E-state index contributed by atoms with van der Waals surface area (Å²) in [6.45, 7) is 2.01. The van der Waals surface area contributed by atoms with Crippen LogP contribution in [-0.2, 0) is 7.05 Å². The minimum atomic E-state index is -0.455. The highest BCUT2D eigenvalue weighted by Crippen LogP contribution is 2.39. The third-order valence-corrected chi connectivity index (χ3v) is 6.60. The second-order valence-corrected chi connectivity index (χ2v) is 8.31. The van der Waals surface area contributed by atoms with Gasteiger partial charge in [-0.3, -0.25) is 0 Å².